The summed E-state index contributed by atoms with van der Waals surface area (Å²) in [5, 5.41) is 6.23. The molecule has 0 spiro atoms. The Labute approximate surface area is 256 Å². The second-order valence-electron chi connectivity index (χ2n) is 10.5. The van der Waals surface area contributed by atoms with Gasteiger partial charge in [-0.1, -0.05) is 36.4 Å². The van der Waals surface area contributed by atoms with Crippen LogP contribution >= 0.6 is 0 Å². The molecule has 11 nitrogen and oxygen atoms in total. The van der Waals surface area contributed by atoms with Crippen LogP contribution in [-0.4, -0.2) is 94.3 Å². The first-order valence-corrected chi connectivity index (χ1v) is 14.5. The van der Waals surface area contributed by atoms with Crippen molar-refractivity contribution >= 4 is 40.4 Å². The summed E-state index contributed by atoms with van der Waals surface area (Å²) in [5.41, 5.74) is 7.02. The normalized spacial score (nSPS) is 16.2. The summed E-state index contributed by atoms with van der Waals surface area (Å²) < 4.78 is 9.97. The average molecular weight is 600 g/mol. The van der Waals surface area contributed by atoms with Gasteiger partial charge in [-0.3, -0.25) is 24.2 Å². The van der Waals surface area contributed by atoms with E-state index in [9.17, 15) is 14.4 Å². The number of ether oxygens (including phenoxy) is 2. The number of carbonyl (C=O) groups excluding carboxylic acids is 3. The van der Waals surface area contributed by atoms with Crippen LogP contribution in [0.15, 0.2) is 72.8 Å². The Kier molecular flexibility index (Phi) is 10.4. The number of esters is 1. The summed E-state index contributed by atoms with van der Waals surface area (Å²) in [6.07, 6.45) is 0. The smallest absolute Gasteiger partial charge is 0.337 e. The van der Waals surface area contributed by atoms with Crippen LogP contribution in [0.1, 0.15) is 31.8 Å². The van der Waals surface area contributed by atoms with Crippen molar-refractivity contribution in [3.05, 3.63) is 95.1 Å². The number of carbonyl (C=O) groups is 3. The molecular weight excluding hydrogens is 562 g/mol. The summed E-state index contributed by atoms with van der Waals surface area (Å²) in [7, 11) is 3.03. The fourth-order valence-corrected chi connectivity index (χ4v) is 5.21. The molecule has 3 N–H and O–H groups in total. The van der Waals surface area contributed by atoms with Crippen LogP contribution in [0, 0.1) is 0 Å². The van der Waals surface area contributed by atoms with Gasteiger partial charge in [-0.2, -0.15) is 0 Å². The van der Waals surface area contributed by atoms with Gasteiger partial charge < -0.3 is 20.1 Å². The highest BCUT2D eigenvalue weighted by atomic mass is 16.7. The molecule has 0 atom stereocenters. The molecule has 5 rings (SSSR count). The van der Waals surface area contributed by atoms with E-state index in [1.54, 1.807) is 49.6 Å². The molecular formula is C33H37N5O6. The van der Waals surface area contributed by atoms with Gasteiger partial charge in [-0.15, -0.1) is 0 Å². The van der Waals surface area contributed by atoms with Crippen molar-refractivity contribution in [3.63, 3.8) is 0 Å². The third kappa shape index (κ3) is 7.50. The molecule has 0 aromatic heterocycles. The Hall–Kier alpha value is -4.55. The van der Waals surface area contributed by atoms with Gasteiger partial charge in [0.15, 0.2) is 0 Å². The van der Waals surface area contributed by atoms with Crippen molar-refractivity contribution in [1.82, 2.24) is 15.3 Å². The zero-order valence-electron chi connectivity index (χ0n) is 24.9. The van der Waals surface area contributed by atoms with Crippen molar-refractivity contribution < 1.29 is 28.7 Å². The van der Waals surface area contributed by atoms with Gasteiger partial charge in [-0.25, -0.2) is 10.3 Å². The molecule has 2 aliphatic heterocycles. The lowest BCUT2D eigenvalue weighted by molar-refractivity contribution is -0.110. The first kappa shape index (κ1) is 30.9. The molecule has 44 heavy (non-hydrogen) atoms. The number of methoxy groups -OCH3 is 2. The molecule has 3 aromatic carbocycles. The minimum Gasteiger partial charge on any atom is -0.465 e. The fraction of sp³-hybridized carbons (Fsp3) is 0.303. The summed E-state index contributed by atoms with van der Waals surface area (Å²) in [6.45, 7) is 6.71. The van der Waals surface area contributed by atoms with Crippen LogP contribution in [0.4, 0.5) is 11.4 Å². The largest absolute Gasteiger partial charge is 0.465 e. The molecule has 1 saturated heterocycles. The number of nitrogens with zero attached hydrogens (tertiary/aromatic N) is 2. The third-order valence-corrected chi connectivity index (χ3v) is 7.67. The molecule has 0 aliphatic carbocycles. The molecule has 2 aliphatic rings. The van der Waals surface area contributed by atoms with Crippen molar-refractivity contribution in [2.45, 2.75) is 0 Å². The van der Waals surface area contributed by atoms with E-state index in [1.807, 2.05) is 30.3 Å². The van der Waals surface area contributed by atoms with Gasteiger partial charge in [0.1, 0.15) is 0 Å². The number of amides is 2. The van der Waals surface area contributed by atoms with E-state index in [2.05, 4.69) is 25.9 Å². The van der Waals surface area contributed by atoms with Crippen molar-refractivity contribution in [1.29, 1.82) is 0 Å². The van der Waals surface area contributed by atoms with Crippen molar-refractivity contribution in [3.8, 4) is 0 Å². The Morgan fingerprint density at radius 3 is 2.14 bits per heavy atom. The minimum atomic E-state index is -0.483. The number of hydroxylamine groups is 1. The maximum atomic E-state index is 13.2. The minimum absolute atomic E-state index is 0.297. The van der Waals surface area contributed by atoms with Crippen molar-refractivity contribution in [2.75, 3.05) is 77.3 Å². The van der Waals surface area contributed by atoms with E-state index in [0.29, 0.717) is 45.9 Å². The summed E-state index contributed by atoms with van der Waals surface area (Å²) >= 11 is 0. The molecule has 2 amide bonds. The molecule has 2 heterocycles. The highest BCUT2D eigenvalue weighted by Gasteiger charge is 2.29. The lowest BCUT2D eigenvalue weighted by Crippen LogP contribution is -2.48. The second-order valence-corrected chi connectivity index (χ2v) is 10.5. The van der Waals surface area contributed by atoms with Crippen LogP contribution in [0.3, 0.4) is 0 Å². The Morgan fingerprint density at radius 2 is 1.48 bits per heavy atom. The van der Waals surface area contributed by atoms with Gasteiger partial charge in [0.2, 0.25) is 0 Å². The number of hydrogen-bond donors (Lipinski definition) is 3. The maximum absolute atomic E-state index is 13.2. The first-order valence-electron chi connectivity index (χ1n) is 14.5. The number of nitrogens with one attached hydrogen (secondary N) is 3. The van der Waals surface area contributed by atoms with E-state index in [0.717, 1.165) is 51.4 Å². The summed E-state index contributed by atoms with van der Waals surface area (Å²) in [6, 6.07) is 21.4. The second kappa shape index (κ2) is 14.8. The monoisotopic (exact) mass is 599 g/mol. The molecule has 3 aromatic rings. The van der Waals surface area contributed by atoms with Gasteiger partial charge in [0.25, 0.3) is 11.8 Å². The lowest BCUT2D eigenvalue weighted by atomic mass is 9.99. The molecule has 0 bridgehead atoms. The Balaban J connectivity index is 1.22. The molecule has 230 valence electrons. The van der Waals surface area contributed by atoms with Crippen LogP contribution in [0.2, 0.25) is 0 Å². The summed E-state index contributed by atoms with van der Waals surface area (Å²) in [4.78, 5) is 48.1. The zero-order chi connectivity index (χ0) is 30.9. The zero-order valence-corrected chi connectivity index (χ0v) is 24.9. The molecule has 0 unspecified atom stereocenters. The van der Waals surface area contributed by atoms with Gasteiger partial charge in [0.05, 0.1) is 42.8 Å². The Morgan fingerprint density at radius 1 is 0.818 bits per heavy atom. The highest BCUT2D eigenvalue weighted by molar-refractivity contribution is 6.37. The topological polar surface area (TPSA) is 121 Å². The van der Waals surface area contributed by atoms with Crippen LogP contribution in [0.25, 0.3) is 11.3 Å². The van der Waals surface area contributed by atoms with Crippen molar-refractivity contribution in [2.24, 2.45) is 0 Å². The predicted molar refractivity (Wildman–Crippen MR) is 168 cm³/mol. The quantitative estimate of drug-likeness (QED) is 0.125. The summed E-state index contributed by atoms with van der Waals surface area (Å²) in [5.74, 6) is -1.12. The van der Waals surface area contributed by atoms with Gasteiger partial charge in [0, 0.05) is 63.2 Å². The Bertz CT molecular complexity index is 1500. The molecule has 0 radical (unpaired) electrons. The standard InChI is InChI=1S/C33H37N5O6/c1-42-20-18-37-14-16-38(17-15-37)19-21-44-36-31(39)24-8-11-26(12-9-24)34-30(23-6-4-3-5-7-23)29-27-13-10-25(33(41)43-2)22-28(27)35-32(29)40/h3-13,22,34H,14-21H2,1-2H3,(H,35,40)(H,36,39)/b30-29-. The van der Waals surface area contributed by atoms with E-state index in [-0.39, 0.29) is 11.8 Å². The van der Waals surface area contributed by atoms with Gasteiger partial charge >= 0.3 is 5.97 Å². The van der Waals surface area contributed by atoms with Crippen LogP contribution < -0.4 is 16.1 Å². The average Bonchev–Trinajstić information content (AvgIpc) is 3.39. The van der Waals surface area contributed by atoms with Crippen LogP contribution in [-0.2, 0) is 19.1 Å². The van der Waals surface area contributed by atoms with E-state index >= 15 is 0 Å². The number of hydrogen-bond acceptors (Lipinski definition) is 9. The number of piperazine rings is 1. The SMILES string of the molecule is COCCN1CCN(CCONC(=O)c2ccc(N/C(=C3\C(=O)Nc4cc(C(=O)OC)ccc43)c3ccccc3)cc2)CC1. The third-order valence-electron chi connectivity index (χ3n) is 7.67. The molecule has 0 saturated carbocycles. The number of fused-ring (bicyclic) bond motifs is 1. The predicted octanol–water partition coefficient (Wildman–Crippen LogP) is 3.33. The van der Waals surface area contributed by atoms with Gasteiger partial charge in [-0.05, 0) is 42.0 Å². The number of anilines is 2. The van der Waals surface area contributed by atoms with Crippen LogP contribution in [0.5, 0.6) is 0 Å². The lowest BCUT2D eigenvalue weighted by Gasteiger charge is -2.34. The maximum Gasteiger partial charge on any atom is 0.337 e. The fourth-order valence-electron chi connectivity index (χ4n) is 5.21. The van der Waals surface area contributed by atoms with E-state index < -0.39 is 5.97 Å². The highest BCUT2D eigenvalue weighted by Crippen LogP contribution is 2.38. The van der Waals surface area contributed by atoms with E-state index in [4.69, 9.17) is 14.3 Å². The van der Waals surface area contributed by atoms with E-state index in [1.165, 1.54) is 7.11 Å². The number of benzene rings is 3. The molecule has 1 fully saturated rings. The molecule has 11 heteroatoms. The first-order chi connectivity index (χ1) is 21.5. The number of rotatable bonds is 12.